The van der Waals surface area contributed by atoms with Gasteiger partial charge in [-0.05, 0) is 76.0 Å². The molecule has 1 amide bonds. The van der Waals surface area contributed by atoms with Crippen molar-refractivity contribution in [3.8, 4) is 5.75 Å². The largest absolute Gasteiger partial charge is 0.424 e. The number of aromatic amines is 1. The lowest BCUT2D eigenvalue weighted by atomic mass is 10.1. The quantitative estimate of drug-likeness (QED) is 0.0270. The van der Waals surface area contributed by atoms with E-state index in [1.54, 1.807) is 37.3 Å². The van der Waals surface area contributed by atoms with E-state index in [2.05, 4.69) is 88.0 Å². The molecule has 1 aliphatic rings. The Morgan fingerprint density at radius 1 is 1.02 bits per heavy atom. The van der Waals surface area contributed by atoms with Crippen molar-refractivity contribution in [2.45, 2.75) is 96.4 Å². The maximum absolute atomic E-state index is 14.0. The molecule has 0 bridgehead atoms. The average Bonchev–Trinajstić information content (AvgIpc) is 3.55. The first-order valence-corrected chi connectivity index (χ1v) is 20.0. The normalized spacial score (nSPS) is 18.7. The Bertz CT molecular complexity index is 1780. The molecule has 4 atom stereocenters. The second kappa shape index (κ2) is 24.5. The highest BCUT2D eigenvalue weighted by atomic mass is 31.2. The molecule has 53 heavy (non-hydrogen) atoms. The van der Waals surface area contributed by atoms with Crippen LogP contribution in [0, 0.1) is 6.92 Å². The van der Waals surface area contributed by atoms with Gasteiger partial charge in [-0.2, -0.15) is 0 Å². The Morgan fingerprint density at radius 2 is 1.66 bits per heavy atom. The van der Waals surface area contributed by atoms with Gasteiger partial charge in [0, 0.05) is 36.1 Å². The van der Waals surface area contributed by atoms with Crippen molar-refractivity contribution in [2.75, 3.05) is 19.3 Å². The van der Waals surface area contributed by atoms with Gasteiger partial charge in [0.2, 0.25) is 5.91 Å². The molecule has 14 heteroatoms. The third-order valence-corrected chi connectivity index (χ3v) is 10.0. The minimum absolute atomic E-state index is 0.00309. The van der Waals surface area contributed by atoms with Crippen molar-refractivity contribution in [3.05, 3.63) is 134 Å². The van der Waals surface area contributed by atoms with Crippen LogP contribution >= 0.6 is 7.60 Å². The number of carbonyl (C=O) groups excluding carboxylic acids is 1. The van der Waals surface area contributed by atoms with Crippen LogP contribution in [0.2, 0.25) is 0 Å². The van der Waals surface area contributed by atoms with Crippen LogP contribution < -0.4 is 21.1 Å². The highest BCUT2D eigenvalue weighted by Crippen LogP contribution is 2.49. The van der Waals surface area contributed by atoms with Gasteiger partial charge in [-0.3, -0.25) is 23.7 Å². The molecule has 13 nitrogen and oxygen atoms in total. The van der Waals surface area contributed by atoms with Crippen LogP contribution in [0.4, 0.5) is 0 Å². The number of nitrogens with one attached hydrogen (secondary N) is 2. The first-order valence-electron chi connectivity index (χ1n) is 18.3. The Hall–Kier alpha value is -4.67. The van der Waals surface area contributed by atoms with Crippen LogP contribution in [0.15, 0.2) is 112 Å². The number of aromatic nitrogens is 2. The van der Waals surface area contributed by atoms with Crippen molar-refractivity contribution in [2.24, 2.45) is 5.11 Å². The van der Waals surface area contributed by atoms with E-state index in [1.165, 1.54) is 10.8 Å². The van der Waals surface area contributed by atoms with E-state index in [9.17, 15) is 18.9 Å². The van der Waals surface area contributed by atoms with Crippen LogP contribution in [0.5, 0.6) is 5.75 Å². The molecule has 2 unspecified atom stereocenters. The highest BCUT2D eigenvalue weighted by Gasteiger charge is 2.38. The molecule has 2 N–H and O–H groups in total. The molecule has 2 aromatic rings. The molecule has 1 saturated heterocycles. The van der Waals surface area contributed by atoms with Crippen LogP contribution in [-0.2, 0) is 18.6 Å². The molecular weight excluding hydrogens is 695 g/mol. The maximum Gasteiger partial charge on any atom is 0.379 e. The van der Waals surface area contributed by atoms with Gasteiger partial charge < -0.3 is 14.6 Å². The highest BCUT2D eigenvalue weighted by molar-refractivity contribution is 7.54. The van der Waals surface area contributed by atoms with E-state index in [0.29, 0.717) is 24.2 Å². The predicted molar refractivity (Wildman–Crippen MR) is 209 cm³/mol. The van der Waals surface area contributed by atoms with Crippen molar-refractivity contribution < 1.29 is 23.1 Å². The van der Waals surface area contributed by atoms with E-state index in [-0.39, 0.29) is 31.6 Å². The summed E-state index contributed by atoms with van der Waals surface area (Å²) in [6, 6.07) is 7.86. The molecular formula is C39H53N6O7P. The number of ether oxygens (including phenoxy) is 1. The topological polar surface area (TPSA) is 177 Å². The molecule has 0 radical (unpaired) electrons. The van der Waals surface area contributed by atoms with Crippen molar-refractivity contribution in [3.63, 3.8) is 0 Å². The molecule has 1 aliphatic heterocycles. The molecule has 0 saturated carbocycles. The van der Waals surface area contributed by atoms with E-state index in [1.807, 2.05) is 0 Å². The van der Waals surface area contributed by atoms with E-state index in [0.717, 1.165) is 44.9 Å². The number of aryl methyl sites for hydroxylation is 1. The smallest absolute Gasteiger partial charge is 0.379 e. The summed E-state index contributed by atoms with van der Waals surface area (Å²) in [6.45, 7) is 3.73. The fourth-order valence-electron chi connectivity index (χ4n) is 5.33. The number of para-hydroxylation sites is 1. The Labute approximate surface area is 311 Å². The lowest BCUT2D eigenvalue weighted by Crippen LogP contribution is -2.33. The summed E-state index contributed by atoms with van der Waals surface area (Å²) < 4.78 is 32.9. The fourth-order valence-corrected chi connectivity index (χ4v) is 6.96. The summed E-state index contributed by atoms with van der Waals surface area (Å²) in [6.07, 6.45) is 28.4. The maximum atomic E-state index is 14.0. The SMILES string of the molecule is CC/C=C\C/C=C\C/C=C\C/C=C\C/C=C\CCCC(=O)NCCCP(=O)(OC[C@H]1OC(n2cc(C)c(=O)[nH]c2=O)C[C@@H]1N=[N+]=[N-])Oc1ccccc1. The van der Waals surface area contributed by atoms with Gasteiger partial charge in [-0.15, -0.1) is 0 Å². The second-order valence-corrected chi connectivity index (χ2v) is 14.6. The van der Waals surface area contributed by atoms with E-state index < -0.39 is 37.2 Å². The van der Waals surface area contributed by atoms with E-state index in [4.69, 9.17) is 19.3 Å². The summed E-state index contributed by atoms with van der Waals surface area (Å²) in [4.78, 5) is 41.9. The standard InChI is InChI=1S/C39H53N6O7P/c1-3-4-5-6-7-8-9-10-11-12-13-14-15-16-17-18-22-26-36(46)41-27-23-28-53(49,52-33-24-20-19-21-25-33)50-31-35-34(43-44-40)29-37(51-35)45-30-32(2)38(47)42-39(45)48/h4-5,7-8,10-11,13-14,16-17,19-21,24-25,30,34-35,37H,3,6,9,12,15,18,22-23,26-29,31H2,1-2H3,(H,41,46)(H,42,47,48)/b5-4-,8-7-,11-10-,14-13-,17-16-/t34-,35+,37?,53?/m0/s1. The molecule has 286 valence electrons. The summed E-state index contributed by atoms with van der Waals surface area (Å²) in [5.74, 6) is 0.259. The van der Waals surface area contributed by atoms with Gasteiger partial charge in [-0.25, -0.2) is 9.36 Å². The average molecular weight is 749 g/mol. The van der Waals surface area contributed by atoms with Crippen LogP contribution in [0.3, 0.4) is 0 Å². The van der Waals surface area contributed by atoms with Crippen molar-refractivity contribution in [1.82, 2.24) is 14.9 Å². The van der Waals surface area contributed by atoms with Crippen LogP contribution in [0.25, 0.3) is 10.4 Å². The fraction of sp³-hybridized carbons (Fsp3) is 0.462. The number of rotatable bonds is 24. The first kappa shape index (κ1) is 42.7. The van der Waals surface area contributed by atoms with Gasteiger partial charge in [0.05, 0.1) is 24.9 Å². The number of allylic oxidation sites excluding steroid dienone is 10. The number of unbranched alkanes of at least 4 members (excludes halogenated alkanes) is 1. The minimum Gasteiger partial charge on any atom is -0.424 e. The number of nitrogens with zero attached hydrogens (tertiary/aromatic N) is 4. The van der Waals surface area contributed by atoms with Crippen LogP contribution in [0.1, 0.15) is 82.9 Å². The summed E-state index contributed by atoms with van der Waals surface area (Å²) >= 11 is 0. The zero-order valence-corrected chi connectivity index (χ0v) is 31.7. The number of hydrogen-bond donors (Lipinski definition) is 2. The van der Waals surface area contributed by atoms with Gasteiger partial charge in [0.15, 0.2) is 0 Å². The predicted octanol–water partition coefficient (Wildman–Crippen LogP) is 8.53. The molecule has 2 heterocycles. The molecule has 0 spiro atoms. The number of benzene rings is 1. The summed E-state index contributed by atoms with van der Waals surface area (Å²) in [5, 5.41) is 6.68. The van der Waals surface area contributed by atoms with Crippen molar-refractivity contribution in [1.29, 1.82) is 0 Å². The number of hydrogen-bond acceptors (Lipinski definition) is 8. The lowest BCUT2D eigenvalue weighted by Gasteiger charge is -2.23. The molecule has 1 aromatic carbocycles. The van der Waals surface area contributed by atoms with Gasteiger partial charge in [0.1, 0.15) is 12.0 Å². The molecule has 3 rings (SSSR count). The lowest BCUT2D eigenvalue weighted by molar-refractivity contribution is -0.121. The summed E-state index contributed by atoms with van der Waals surface area (Å²) in [5.41, 5.74) is 8.28. The zero-order valence-electron chi connectivity index (χ0n) is 30.8. The van der Waals surface area contributed by atoms with Gasteiger partial charge in [-0.1, -0.05) is 91.0 Å². The molecule has 1 fully saturated rings. The van der Waals surface area contributed by atoms with Crippen LogP contribution in [-0.4, -0.2) is 46.9 Å². The Kier molecular flexibility index (Phi) is 19.8. The summed E-state index contributed by atoms with van der Waals surface area (Å²) in [7, 11) is -3.78. The Balaban J connectivity index is 1.40. The molecule has 1 aromatic heterocycles. The second-order valence-electron chi connectivity index (χ2n) is 12.5. The third-order valence-electron chi connectivity index (χ3n) is 8.15. The monoisotopic (exact) mass is 748 g/mol. The van der Waals surface area contributed by atoms with Crippen molar-refractivity contribution >= 4 is 13.5 Å². The molecule has 0 aliphatic carbocycles. The number of azide groups is 1. The van der Waals surface area contributed by atoms with E-state index >= 15 is 0 Å². The van der Waals surface area contributed by atoms with Gasteiger partial charge in [0.25, 0.3) is 5.56 Å². The number of H-pyrrole nitrogens is 1. The minimum atomic E-state index is -3.78. The zero-order chi connectivity index (χ0) is 38.2. The third kappa shape index (κ3) is 16.7. The first-order chi connectivity index (χ1) is 25.7. The number of amides is 1. The Morgan fingerprint density at radius 3 is 2.30 bits per heavy atom. The number of carbonyl (C=O) groups is 1. The van der Waals surface area contributed by atoms with Gasteiger partial charge >= 0.3 is 13.3 Å².